The van der Waals surface area contributed by atoms with Crippen LogP contribution in [0.15, 0.2) is 18.3 Å². The number of rotatable bonds is 3. The summed E-state index contributed by atoms with van der Waals surface area (Å²) in [6, 6.07) is 1.09. The predicted octanol–water partition coefficient (Wildman–Crippen LogP) is 0.509. The summed E-state index contributed by atoms with van der Waals surface area (Å²) in [6.07, 6.45) is 5.95. The first-order chi connectivity index (χ1) is 8.59. The Labute approximate surface area is 105 Å². The topological polar surface area (TPSA) is 75.4 Å². The Morgan fingerprint density at radius 2 is 2.33 bits per heavy atom. The van der Waals surface area contributed by atoms with E-state index in [0.717, 1.165) is 12.1 Å². The number of carboxylic acid groups (broad SMARTS) is 1. The summed E-state index contributed by atoms with van der Waals surface area (Å²) >= 11 is 0. The van der Waals surface area contributed by atoms with E-state index in [1.54, 1.807) is 30.1 Å². The maximum atomic E-state index is 11.9. The number of nitrogens with zero attached hydrogens (tertiary/aromatic N) is 3. The second-order valence-corrected chi connectivity index (χ2v) is 4.24. The average molecular weight is 249 g/mol. The van der Waals surface area contributed by atoms with Crippen LogP contribution < -0.4 is 0 Å². The molecule has 1 aromatic rings. The zero-order chi connectivity index (χ0) is 13.1. The molecular weight excluding hydrogens is 234 g/mol. The van der Waals surface area contributed by atoms with Crippen LogP contribution in [-0.4, -0.2) is 44.3 Å². The van der Waals surface area contributed by atoms with Crippen molar-refractivity contribution in [1.29, 1.82) is 0 Å². The van der Waals surface area contributed by atoms with Gasteiger partial charge in [0.2, 0.25) is 5.91 Å². The van der Waals surface area contributed by atoms with Gasteiger partial charge in [-0.25, -0.2) is 4.79 Å². The highest BCUT2D eigenvalue weighted by Gasteiger charge is 2.32. The molecule has 0 saturated carbocycles. The highest BCUT2D eigenvalue weighted by Crippen LogP contribution is 2.18. The van der Waals surface area contributed by atoms with Crippen molar-refractivity contribution < 1.29 is 14.7 Å². The van der Waals surface area contributed by atoms with Gasteiger partial charge in [-0.05, 0) is 25.0 Å². The molecule has 1 amide bonds. The molecule has 1 N–H and O–H groups in total. The van der Waals surface area contributed by atoms with Crippen molar-refractivity contribution in [2.45, 2.75) is 18.9 Å². The summed E-state index contributed by atoms with van der Waals surface area (Å²) in [6.45, 7) is 0.505. The van der Waals surface area contributed by atoms with Gasteiger partial charge in [-0.2, -0.15) is 5.10 Å². The minimum absolute atomic E-state index is 0.263. The van der Waals surface area contributed by atoms with Gasteiger partial charge < -0.3 is 10.0 Å². The van der Waals surface area contributed by atoms with Crippen molar-refractivity contribution in [3.05, 3.63) is 24.0 Å². The Kier molecular flexibility index (Phi) is 3.45. The molecule has 1 aliphatic rings. The maximum absolute atomic E-state index is 11.9. The minimum atomic E-state index is -0.935. The number of carbonyl (C=O) groups excluding carboxylic acids is 1. The van der Waals surface area contributed by atoms with Gasteiger partial charge in [0.25, 0.3) is 0 Å². The molecule has 0 aliphatic carbocycles. The van der Waals surface area contributed by atoms with Crippen molar-refractivity contribution in [2.24, 2.45) is 7.05 Å². The van der Waals surface area contributed by atoms with Gasteiger partial charge in [0, 0.05) is 25.9 Å². The monoisotopic (exact) mass is 249 g/mol. The van der Waals surface area contributed by atoms with E-state index in [1.807, 2.05) is 0 Å². The number of carbonyl (C=O) groups is 2. The highest BCUT2D eigenvalue weighted by molar-refractivity contribution is 5.94. The highest BCUT2D eigenvalue weighted by atomic mass is 16.4. The fraction of sp³-hybridized carbons (Fsp3) is 0.417. The lowest BCUT2D eigenvalue weighted by atomic mass is 10.2. The van der Waals surface area contributed by atoms with Gasteiger partial charge in [-0.1, -0.05) is 0 Å². The van der Waals surface area contributed by atoms with Gasteiger partial charge >= 0.3 is 5.97 Å². The van der Waals surface area contributed by atoms with Crippen LogP contribution in [0, 0.1) is 0 Å². The molecule has 0 bridgehead atoms. The summed E-state index contributed by atoms with van der Waals surface area (Å²) in [5, 5.41) is 13.0. The largest absolute Gasteiger partial charge is 0.480 e. The van der Waals surface area contributed by atoms with Crippen LogP contribution in [0.25, 0.3) is 6.08 Å². The molecule has 2 heterocycles. The second kappa shape index (κ2) is 5.03. The number of carboxylic acids is 1. The number of likely N-dealkylation sites (tertiary alicyclic amines) is 1. The number of aromatic nitrogens is 2. The molecule has 6 nitrogen and oxygen atoms in total. The average Bonchev–Trinajstić information content (AvgIpc) is 2.94. The van der Waals surface area contributed by atoms with E-state index in [0.29, 0.717) is 13.0 Å². The van der Waals surface area contributed by atoms with Crippen molar-refractivity contribution in [3.63, 3.8) is 0 Å². The van der Waals surface area contributed by atoms with Crippen LogP contribution in [-0.2, 0) is 16.6 Å². The number of aryl methyl sites for hydroxylation is 1. The van der Waals surface area contributed by atoms with Crippen LogP contribution in [0.1, 0.15) is 18.5 Å². The third-order valence-electron chi connectivity index (χ3n) is 3.08. The maximum Gasteiger partial charge on any atom is 0.326 e. The Morgan fingerprint density at radius 3 is 2.94 bits per heavy atom. The molecule has 0 aromatic carbocycles. The van der Waals surface area contributed by atoms with Gasteiger partial charge in [-0.15, -0.1) is 0 Å². The Bertz CT molecular complexity index is 493. The first-order valence-corrected chi connectivity index (χ1v) is 5.79. The predicted molar refractivity (Wildman–Crippen MR) is 64.6 cm³/mol. The van der Waals surface area contributed by atoms with Gasteiger partial charge in [-0.3, -0.25) is 9.48 Å². The number of amides is 1. The lowest BCUT2D eigenvalue weighted by Gasteiger charge is -2.19. The van der Waals surface area contributed by atoms with E-state index in [9.17, 15) is 9.59 Å². The molecule has 18 heavy (non-hydrogen) atoms. The summed E-state index contributed by atoms with van der Waals surface area (Å²) in [5.74, 6) is -1.20. The van der Waals surface area contributed by atoms with Crippen molar-refractivity contribution >= 4 is 18.0 Å². The molecule has 1 fully saturated rings. The van der Waals surface area contributed by atoms with Crippen LogP contribution >= 0.6 is 0 Å². The molecule has 1 saturated heterocycles. The molecule has 6 heteroatoms. The van der Waals surface area contributed by atoms with Crippen molar-refractivity contribution in [3.8, 4) is 0 Å². The molecule has 0 spiro atoms. The lowest BCUT2D eigenvalue weighted by molar-refractivity contribution is -0.146. The molecule has 0 radical (unpaired) electrons. The Balaban J connectivity index is 2.06. The third-order valence-corrected chi connectivity index (χ3v) is 3.08. The first-order valence-electron chi connectivity index (χ1n) is 5.79. The molecular formula is C12H15N3O3. The van der Waals surface area contributed by atoms with E-state index in [-0.39, 0.29) is 5.91 Å². The van der Waals surface area contributed by atoms with E-state index in [4.69, 9.17) is 5.11 Å². The fourth-order valence-electron chi connectivity index (χ4n) is 2.09. The van der Waals surface area contributed by atoms with Gasteiger partial charge in [0.1, 0.15) is 6.04 Å². The van der Waals surface area contributed by atoms with Crippen LogP contribution in [0.5, 0.6) is 0 Å². The number of aliphatic carboxylic acids is 1. The number of hydrogen-bond donors (Lipinski definition) is 1. The van der Waals surface area contributed by atoms with E-state index in [1.165, 1.54) is 11.0 Å². The van der Waals surface area contributed by atoms with E-state index < -0.39 is 12.0 Å². The summed E-state index contributed by atoms with van der Waals surface area (Å²) in [4.78, 5) is 24.3. The zero-order valence-electron chi connectivity index (χ0n) is 10.1. The molecule has 1 aromatic heterocycles. The van der Waals surface area contributed by atoms with E-state index in [2.05, 4.69) is 5.10 Å². The molecule has 0 unspecified atom stereocenters. The van der Waals surface area contributed by atoms with Crippen LogP contribution in [0.2, 0.25) is 0 Å². The minimum Gasteiger partial charge on any atom is -0.480 e. The van der Waals surface area contributed by atoms with Crippen molar-refractivity contribution in [2.75, 3.05) is 6.54 Å². The summed E-state index contributed by atoms with van der Waals surface area (Å²) < 4.78 is 1.64. The quantitative estimate of drug-likeness (QED) is 0.792. The summed E-state index contributed by atoms with van der Waals surface area (Å²) in [5.41, 5.74) is 0.800. The zero-order valence-corrected chi connectivity index (χ0v) is 10.1. The smallest absolute Gasteiger partial charge is 0.326 e. The number of hydrogen-bond acceptors (Lipinski definition) is 3. The molecule has 1 aliphatic heterocycles. The fourth-order valence-corrected chi connectivity index (χ4v) is 2.09. The Morgan fingerprint density at radius 1 is 1.56 bits per heavy atom. The van der Waals surface area contributed by atoms with Crippen LogP contribution in [0.3, 0.4) is 0 Å². The van der Waals surface area contributed by atoms with Gasteiger partial charge in [0.05, 0.1) is 5.69 Å². The summed E-state index contributed by atoms with van der Waals surface area (Å²) in [7, 11) is 1.78. The molecule has 1 atom stereocenters. The molecule has 96 valence electrons. The SMILES string of the molecule is Cn1nccc1/C=C/C(=O)N1CCC[C@H]1C(=O)O. The third kappa shape index (κ3) is 2.42. The Hall–Kier alpha value is -2.11. The first kappa shape index (κ1) is 12.3. The lowest BCUT2D eigenvalue weighted by Crippen LogP contribution is -2.39. The van der Waals surface area contributed by atoms with Gasteiger partial charge in [0.15, 0.2) is 0 Å². The standard InChI is InChI=1S/C12H15N3O3/c1-14-9(6-7-13-14)4-5-11(16)15-8-2-3-10(15)12(17)18/h4-7,10H,2-3,8H2,1H3,(H,17,18)/b5-4+/t10-/m0/s1. The van der Waals surface area contributed by atoms with Crippen molar-refractivity contribution in [1.82, 2.24) is 14.7 Å². The molecule has 2 rings (SSSR count). The van der Waals surface area contributed by atoms with Crippen LogP contribution in [0.4, 0.5) is 0 Å². The second-order valence-electron chi connectivity index (χ2n) is 4.24. The van der Waals surface area contributed by atoms with E-state index >= 15 is 0 Å². The normalized spacial score (nSPS) is 19.6.